The first kappa shape index (κ1) is 9.25. The fourth-order valence-electron chi connectivity index (χ4n) is 1.33. The van der Waals surface area contributed by atoms with Gasteiger partial charge < -0.3 is 4.74 Å². The van der Waals surface area contributed by atoms with Crippen LogP contribution in [-0.2, 0) is 4.74 Å². The quantitative estimate of drug-likeness (QED) is 0.640. The van der Waals surface area contributed by atoms with E-state index in [1.165, 1.54) is 0 Å². The zero-order chi connectivity index (χ0) is 9.64. The van der Waals surface area contributed by atoms with Gasteiger partial charge in [-0.15, -0.1) is 0 Å². The number of hydrogen-bond donors (Lipinski definition) is 1. The lowest BCUT2D eigenvalue weighted by atomic mass is 10.3. The molecule has 1 aliphatic heterocycles. The average Bonchev–Trinajstić information content (AvgIpc) is 2.72. The molecule has 0 spiro atoms. The predicted molar refractivity (Wildman–Crippen MR) is 52.7 cm³/mol. The molecule has 0 saturated carbocycles. The minimum Gasteiger partial charge on any atom is -0.379 e. The molecule has 1 saturated heterocycles. The number of aromatic amines is 1. The van der Waals surface area contributed by atoms with E-state index in [2.05, 4.69) is 26.9 Å². The van der Waals surface area contributed by atoms with E-state index in [0.717, 1.165) is 38.4 Å². The van der Waals surface area contributed by atoms with E-state index < -0.39 is 0 Å². The Kier molecular flexibility index (Phi) is 3.17. The van der Waals surface area contributed by atoms with Gasteiger partial charge in [-0.25, -0.2) is 0 Å². The van der Waals surface area contributed by atoms with Crippen molar-refractivity contribution in [3.05, 3.63) is 18.0 Å². The molecule has 2 rings (SSSR count). The van der Waals surface area contributed by atoms with Crippen molar-refractivity contribution in [2.45, 2.75) is 0 Å². The summed E-state index contributed by atoms with van der Waals surface area (Å²) in [6.45, 7) is 4.44. The minimum atomic E-state index is 0.814. The molecule has 0 radical (unpaired) electrons. The molecule has 1 fully saturated rings. The second-order valence-corrected chi connectivity index (χ2v) is 3.18. The van der Waals surface area contributed by atoms with E-state index >= 15 is 0 Å². The fraction of sp³-hybridized carbons (Fsp3) is 0.500. The molecule has 0 aromatic carbocycles. The highest BCUT2D eigenvalue weighted by atomic mass is 16.5. The first-order chi connectivity index (χ1) is 6.95. The Labute approximate surface area is 83.3 Å². The van der Waals surface area contributed by atoms with Crippen LogP contribution >= 0.6 is 0 Å². The van der Waals surface area contributed by atoms with E-state index in [1.54, 1.807) is 12.4 Å². The average molecular weight is 191 g/mol. The molecule has 74 valence electrons. The van der Waals surface area contributed by atoms with E-state index in [1.807, 2.05) is 0 Å². The predicted octanol–water partition coefficient (Wildman–Crippen LogP) is 0.0934. The molecule has 1 aromatic rings. The molecule has 4 heteroatoms. The van der Waals surface area contributed by atoms with Crippen molar-refractivity contribution >= 4 is 0 Å². The zero-order valence-corrected chi connectivity index (χ0v) is 7.99. The number of hydrogen-bond acceptors (Lipinski definition) is 3. The number of H-pyrrole nitrogens is 1. The largest absolute Gasteiger partial charge is 0.379 e. The van der Waals surface area contributed by atoms with Crippen molar-refractivity contribution in [2.75, 3.05) is 32.8 Å². The molecule has 1 aliphatic rings. The number of rotatable bonds is 1. The van der Waals surface area contributed by atoms with Crippen LogP contribution in [-0.4, -0.2) is 47.9 Å². The monoisotopic (exact) mass is 191 g/mol. The molecule has 14 heavy (non-hydrogen) atoms. The smallest absolute Gasteiger partial charge is 0.0644 e. The third-order valence-corrected chi connectivity index (χ3v) is 2.14. The van der Waals surface area contributed by atoms with Crippen LogP contribution in [0.4, 0.5) is 0 Å². The lowest BCUT2D eigenvalue weighted by Gasteiger charge is -2.24. The van der Waals surface area contributed by atoms with Crippen molar-refractivity contribution in [3.63, 3.8) is 0 Å². The van der Waals surface area contributed by atoms with Gasteiger partial charge in [-0.2, -0.15) is 5.10 Å². The third-order valence-electron chi connectivity index (χ3n) is 2.14. The van der Waals surface area contributed by atoms with Crippen LogP contribution in [0.3, 0.4) is 0 Å². The van der Waals surface area contributed by atoms with Gasteiger partial charge in [0.25, 0.3) is 0 Å². The SMILES string of the molecule is C(#Cc1cn[nH]c1)CN1CCOCC1. The lowest BCUT2D eigenvalue weighted by molar-refractivity contribution is 0.0443. The number of ether oxygens (including phenoxy) is 1. The lowest BCUT2D eigenvalue weighted by Crippen LogP contribution is -2.36. The van der Waals surface area contributed by atoms with Crippen LogP contribution in [0, 0.1) is 11.8 Å². The van der Waals surface area contributed by atoms with Gasteiger partial charge >= 0.3 is 0 Å². The van der Waals surface area contributed by atoms with E-state index in [9.17, 15) is 0 Å². The van der Waals surface area contributed by atoms with E-state index in [-0.39, 0.29) is 0 Å². The number of nitrogens with zero attached hydrogens (tertiary/aromatic N) is 2. The Hall–Kier alpha value is -1.31. The van der Waals surface area contributed by atoms with Crippen LogP contribution < -0.4 is 0 Å². The van der Waals surface area contributed by atoms with Gasteiger partial charge in [0.2, 0.25) is 0 Å². The van der Waals surface area contributed by atoms with Gasteiger partial charge in [-0.05, 0) is 0 Å². The van der Waals surface area contributed by atoms with Crippen LogP contribution in [0.5, 0.6) is 0 Å². The maximum Gasteiger partial charge on any atom is 0.0644 e. The van der Waals surface area contributed by atoms with Crippen LogP contribution in [0.1, 0.15) is 5.56 Å². The number of morpholine rings is 1. The van der Waals surface area contributed by atoms with Crippen LogP contribution in [0.25, 0.3) is 0 Å². The molecule has 0 amide bonds. The molecule has 0 atom stereocenters. The second kappa shape index (κ2) is 4.80. The molecule has 2 heterocycles. The molecule has 1 N–H and O–H groups in total. The second-order valence-electron chi connectivity index (χ2n) is 3.18. The summed E-state index contributed by atoms with van der Waals surface area (Å²) in [6.07, 6.45) is 3.53. The van der Waals surface area contributed by atoms with Crippen molar-refractivity contribution in [3.8, 4) is 11.8 Å². The molecule has 1 aromatic heterocycles. The zero-order valence-electron chi connectivity index (χ0n) is 7.99. The normalized spacial score (nSPS) is 17.4. The maximum atomic E-state index is 5.25. The van der Waals surface area contributed by atoms with Gasteiger partial charge in [0.05, 0.1) is 31.5 Å². The summed E-state index contributed by atoms with van der Waals surface area (Å²) in [5.74, 6) is 6.16. The van der Waals surface area contributed by atoms with Crippen molar-refractivity contribution in [1.82, 2.24) is 15.1 Å². The maximum absolute atomic E-state index is 5.25. The Bertz CT molecular complexity index is 317. The minimum absolute atomic E-state index is 0.814. The summed E-state index contributed by atoms with van der Waals surface area (Å²) >= 11 is 0. The summed E-state index contributed by atoms with van der Waals surface area (Å²) in [4.78, 5) is 2.29. The Balaban J connectivity index is 1.80. The van der Waals surface area contributed by atoms with Gasteiger partial charge in [0.1, 0.15) is 0 Å². The highest BCUT2D eigenvalue weighted by Gasteiger charge is 2.07. The van der Waals surface area contributed by atoms with E-state index in [0.29, 0.717) is 0 Å². The molecule has 0 aliphatic carbocycles. The third kappa shape index (κ3) is 2.59. The topological polar surface area (TPSA) is 41.2 Å². The molecular weight excluding hydrogens is 178 g/mol. The summed E-state index contributed by atoms with van der Waals surface area (Å²) in [7, 11) is 0. The first-order valence-corrected chi connectivity index (χ1v) is 4.73. The molecular formula is C10H13N3O. The van der Waals surface area contributed by atoms with Crippen molar-refractivity contribution in [2.24, 2.45) is 0 Å². The molecule has 0 bridgehead atoms. The van der Waals surface area contributed by atoms with Gasteiger partial charge in [0, 0.05) is 19.3 Å². The van der Waals surface area contributed by atoms with Gasteiger partial charge in [-0.3, -0.25) is 10.00 Å². The van der Waals surface area contributed by atoms with Crippen LogP contribution in [0.2, 0.25) is 0 Å². The summed E-state index contributed by atoms with van der Waals surface area (Å²) in [6, 6.07) is 0. The Morgan fingerprint density at radius 3 is 3.07 bits per heavy atom. The standard InChI is InChI=1S/C10H13N3O/c1(2-10-8-11-12-9-10)3-13-4-6-14-7-5-13/h8-9H,3-7H2,(H,11,12). The van der Waals surface area contributed by atoms with E-state index in [4.69, 9.17) is 4.74 Å². The van der Waals surface area contributed by atoms with Crippen molar-refractivity contribution < 1.29 is 4.74 Å². The first-order valence-electron chi connectivity index (χ1n) is 4.73. The summed E-state index contributed by atoms with van der Waals surface area (Å²) in [5.41, 5.74) is 0.943. The van der Waals surface area contributed by atoms with Crippen molar-refractivity contribution in [1.29, 1.82) is 0 Å². The summed E-state index contributed by atoms with van der Waals surface area (Å²) in [5, 5.41) is 6.56. The fourth-order valence-corrected chi connectivity index (χ4v) is 1.33. The van der Waals surface area contributed by atoms with Crippen LogP contribution in [0.15, 0.2) is 12.4 Å². The number of nitrogens with one attached hydrogen (secondary N) is 1. The number of aromatic nitrogens is 2. The summed E-state index contributed by atoms with van der Waals surface area (Å²) < 4.78 is 5.25. The van der Waals surface area contributed by atoms with Gasteiger partial charge in [0.15, 0.2) is 0 Å². The Morgan fingerprint density at radius 2 is 2.36 bits per heavy atom. The molecule has 0 unspecified atom stereocenters. The van der Waals surface area contributed by atoms with Gasteiger partial charge in [-0.1, -0.05) is 11.8 Å². The highest BCUT2D eigenvalue weighted by Crippen LogP contribution is 1.95. The highest BCUT2D eigenvalue weighted by molar-refractivity contribution is 5.29. The Morgan fingerprint density at radius 1 is 1.50 bits per heavy atom. The molecule has 4 nitrogen and oxygen atoms in total.